The van der Waals surface area contributed by atoms with Gasteiger partial charge in [-0.3, -0.25) is 0 Å². The third-order valence-electron chi connectivity index (χ3n) is 2.00. The topological polar surface area (TPSA) is 122 Å². The molecule has 7 N–H and O–H groups in total. The maximum absolute atomic E-state index is 9.28. The first-order chi connectivity index (χ1) is 5.57. The molecule has 1 heterocycles. The van der Waals surface area contributed by atoms with Crippen LogP contribution >= 0.6 is 0 Å². The first-order valence-corrected chi connectivity index (χ1v) is 3.73. The van der Waals surface area contributed by atoms with E-state index in [1.807, 2.05) is 0 Å². The summed E-state index contributed by atoms with van der Waals surface area (Å²) in [6, 6.07) is -0.984. The highest BCUT2D eigenvalue weighted by Gasteiger charge is 2.41. The van der Waals surface area contributed by atoms with E-state index in [4.69, 9.17) is 21.3 Å². The molecule has 0 aliphatic carbocycles. The van der Waals surface area contributed by atoms with Crippen LogP contribution in [0.3, 0.4) is 0 Å². The Bertz CT molecular complexity index is 152. The molecule has 0 aromatic heterocycles. The minimum absolute atomic E-state index is 0.0298. The van der Waals surface area contributed by atoms with Crippen molar-refractivity contribution in [3.8, 4) is 0 Å². The van der Waals surface area contributed by atoms with Gasteiger partial charge in [0.1, 0.15) is 18.3 Å². The molecule has 1 fully saturated rings. The second-order valence-electron chi connectivity index (χ2n) is 2.86. The zero-order valence-corrected chi connectivity index (χ0v) is 6.50. The molecule has 1 saturated heterocycles. The molecular formula is C6H14N2O4. The molecule has 0 bridgehead atoms. The molecule has 0 unspecified atom stereocenters. The van der Waals surface area contributed by atoms with Crippen molar-refractivity contribution in [1.29, 1.82) is 0 Å². The van der Waals surface area contributed by atoms with Gasteiger partial charge in [-0.15, -0.1) is 0 Å². The molecule has 72 valence electrons. The molecule has 6 nitrogen and oxygen atoms in total. The van der Waals surface area contributed by atoms with Crippen LogP contribution in [0.4, 0.5) is 0 Å². The number of rotatable bonds is 1. The van der Waals surface area contributed by atoms with Gasteiger partial charge < -0.3 is 31.5 Å². The monoisotopic (exact) mass is 178 g/mol. The Morgan fingerprint density at radius 2 is 1.75 bits per heavy atom. The molecule has 0 saturated carbocycles. The lowest BCUT2D eigenvalue weighted by molar-refractivity contribution is -0.238. The van der Waals surface area contributed by atoms with E-state index in [1.165, 1.54) is 0 Å². The minimum atomic E-state index is -1.27. The lowest BCUT2D eigenvalue weighted by Crippen LogP contribution is -2.62. The van der Waals surface area contributed by atoms with Crippen LogP contribution < -0.4 is 11.5 Å². The second kappa shape index (κ2) is 3.65. The number of nitrogens with two attached hydrogens (primary N) is 2. The van der Waals surface area contributed by atoms with Gasteiger partial charge in [-0.1, -0.05) is 0 Å². The van der Waals surface area contributed by atoms with Gasteiger partial charge in [-0.25, -0.2) is 0 Å². The summed E-state index contributed by atoms with van der Waals surface area (Å²) >= 11 is 0. The summed E-state index contributed by atoms with van der Waals surface area (Å²) in [7, 11) is 0. The van der Waals surface area contributed by atoms with Crippen molar-refractivity contribution in [2.75, 3.05) is 6.54 Å². The molecule has 0 amide bonds. The number of ether oxygens (including phenoxy) is 1. The first kappa shape index (κ1) is 9.85. The van der Waals surface area contributed by atoms with Crippen LogP contribution in [0.25, 0.3) is 0 Å². The van der Waals surface area contributed by atoms with Gasteiger partial charge >= 0.3 is 0 Å². The standard InChI is InChI=1S/C6H14N2O4/c7-1-2-4(9)5(10)3(8)6(11)12-2/h2-6,9-11H,1,7-8H2/t2-,3+,4-,5-,6+/m1/s1. The van der Waals surface area contributed by atoms with E-state index >= 15 is 0 Å². The molecule has 0 aromatic rings. The van der Waals surface area contributed by atoms with E-state index in [-0.39, 0.29) is 6.54 Å². The van der Waals surface area contributed by atoms with Crippen molar-refractivity contribution in [3.05, 3.63) is 0 Å². The van der Waals surface area contributed by atoms with Crippen LogP contribution in [0.5, 0.6) is 0 Å². The SMILES string of the molecule is NC[C@H]1O[C@H](O)[C@@H](N)[C@@H](O)[C@@H]1O. The highest BCUT2D eigenvalue weighted by molar-refractivity contribution is 4.91. The maximum atomic E-state index is 9.28. The summed E-state index contributed by atoms with van der Waals surface area (Å²) < 4.78 is 4.83. The van der Waals surface area contributed by atoms with Gasteiger partial charge in [0.2, 0.25) is 0 Å². The Morgan fingerprint density at radius 1 is 1.17 bits per heavy atom. The van der Waals surface area contributed by atoms with Gasteiger partial charge in [0.25, 0.3) is 0 Å². The molecule has 12 heavy (non-hydrogen) atoms. The van der Waals surface area contributed by atoms with Gasteiger partial charge in [0, 0.05) is 6.54 Å². The van der Waals surface area contributed by atoms with Crippen molar-refractivity contribution in [1.82, 2.24) is 0 Å². The number of hydrogen-bond acceptors (Lipinski definition) is 6. The van der Waals surface area contributed by atoms with Crippen molar-refractivity contribution in [2.24, 2.45) is 11.5 Å². The molecule has 5 atom stereocenters. The van der Waals surface area contributed by atoms with Crippen molar-refractivity contribution < 1.29 is 20.1 Å². The van der Waals surface area contributed by atoms with Crippen LogP contribution in [0.1, 0.15) is 0 Å². The van der Waals surface area contributed by atoms with Gasteiger partial charge in [0.15, 0.2) is 6.29 Å². The molecular weight excluding hydrogens is 164 g/mol. The Balaban J connectivity index is 2.63. The molecule has 0 radical (unpaired) electrons. The van der Waals surface area contributed by atoms with Gasteiger partial charge in [0.05, 0.1) is 6.04 Å². The molecule has 0 aromatic carbocycles. The Morgan fingerprint density at radius 3 is 2.25 bits per heavy atom. The van der Waals surface area contributed by atoms with Crippen molar-refractivity contribution in [2.45, 2.75) is 30.6 Å². The number of hydrogen-bond donors (Lipinski definition) is 5. The Labute approximate surface area is 69.7 Å². The molecule has 1 aliphatic heterocycles. The fourth-order valence-corrected chi connectivity index (χ4v) is 1.16. The summed E-state index contributed by atoms with van der Waals surface area (Å²) in [6.45, 7) is 0.0298. The van der Waals surface area contributed by atoms with E-state index in [1.54, 1.807) is 0 Å². The van der Waals surface area contributed by atoms with Gasteiger partial charge in [-0.05, 0) is 0 Å². The average Bonchev–Trinajstić information content (AvgIpc) is 2.08. The zero-order valence-electron chi connectivity index (χ0n) is 6.50. The first-order valence-electron chi connectivity index (χ1n) is 3.73. The largest absolute Gasteiger partial charge is 0.388 e. The molecule has 6 heteroatoms. The lowest BCUT2D eigenvalue weighted by Gasteiger charge is -2.38. The average molecular weight is 178 g/mol. The van der Waals surface area contributed by atoms with Crippen LogP contribution in [-0.2, 0) is 4.74 Å². The number of aliphatic hydroxyl groups is 3. The minimum Gasteiger partial charge on any atom is -0.388 e. The van der Waals surface area contributed by atoms with E-state index < -0.39 is 30.6 Å². The summed E-state index contributed by atoms with van der Waals surface area (Å²) in [4.78, 5) is 0. The second-order valence-corrected chi connectivity index (χ2v) is 2.86. The van der Waals surface area contributed by atoms with E-state index in [2.05, 4.69) is 0 Å². The fraction of sp³-hybridized carbons (Fsp3) is 1.00. The maximum Gasteiger partial charge on any atom is 0.172 e. The lowest BCUT2D eigenvalue weighted by atomic mass is 9.98. The van der Waals surface area contributed by atoms with Crippen LogP contribution in [0, 0.1) is 0 Å². The predicted molar refractivity (Wildman–Crippen MR) is 39.9 cm³/mol. The molecule has 1 rings (SSSR count). The quantitative estimate of drug-likeness (QED) is 0.287. The smallest absolute Gasteiger partial charge is 0.172 e. The van der Waals surface area contributed by atoms with E-state index in [9.17, 15) is 10.2 Å². The summed E-state index contributed by atoms with van der Waals surface area (Å²) in [5.41, 5.74) is 10.5. The summed E-state index contributed by atoms with van der Waals surface area (Å²) in [5, 5.41) is 27.6. The third-order valence-corrected chi connectivity index (χ3v) is 2.00. The van der Waals surface area contributed by atoms with Gasteiger partial charge in [-0.2, -0.15) is 0 Å². The van der Waals surface area contributed by atoms with Crippen molar-refractivity contribution in [3.63, 3.8) is 0 Å². The van der Waals surface area contributed by atoms with E-state index in [0.29, 0.717) is 0 Å². The summed E-state index contributed by atoms with van der Waals surface area (Å²) in [6.07, 6.45) is -4.34. The summed E-state index contributed by atoms with van der Waals surface area (Å²) in [5.74, 6) is 0. The molecule has 1 aliphatic rings. The normalized spacial score (nSPS) is 49.2. The molecule has 0 spiro atoms. The predicted octanol–water partition coefficient (Wildman–Crippen LogP) is -3.29. The Kier molecular flexibility index (Phi) is 2.99. The van der Waals surface area contributed by atoms with Crippen LogP contribution in [-0.4, -0.2) is 52.5 Å². The highest BCUT2D eigenvalue weighted by atomic mass is 16.6. The Hall–Kier alpha value is -0.240. The number of aliphatic hydroxyl groups excluding tert-OH is 3. The zero-order chi connectivity index (χ0) is 9.30. The van der Waals surface area contributed by atoms with E-state index in [0.717, 1.165) is 0 Å². The highest BCUT2D eigenvalue weighted by Crippen LogP contribution is 2.17. The van der Waals surface area contributed by atoms with Crippen molar-refractivity contribution >= 4 is 0 Å². The fourth-order valence-electron chi connectivity index (χ4n) is 1.16. The van der Waals surface area contributed by atoms with Crippen LogP contribution in [0.15, 0.2) is 0 Å². The third kappa shape index (κ3) is 1.58. The van der Waals surface area contributed by atoms with Crippen LogP contribution in [0.2, 0.25) is 0 Å².